The second-order valence-electron chi connectivity index (χ2n) is 7.08. The molecule has 1 aliphatic rings. The minimum absolute atomic E-state index is 0. The Hall–Kier alpha value is -1.51. The van der Waals surface area contributed by atoms with Crippen molar-refractivity contribution in [2.24, 2.45) is 10.9 Å². The first kappa shape index (κ1) is 24.5. The van der Waals surface area contributed by atoms with Crippen molar-refractivity contribution < 1.29 is 9.53 Å². The van der Waals surface area contributed by atoms with Crippen LogP contribution in [0.4, 0.5) is 0 Å². The molecule has 6 nitrogen and oxygen atoms in total. The van der Waals surface area contributed by atoms with Crippen LogP contribution in [0.15, 0.2) is 23.2 Å². The van der Waals surface area contributed by atoms with Crippen molar-refractivity contribution in [3.05, 3.63) is 29.3 Å². The number of carbonyl (C=O) groups excluding carboxylic acids is 1. The zero-order valence-corrected chi connectivity index (χ0v) is 19.7. The molecule has 3 N–H and O–H groups in total. The summed E-state index contributed by atoms with van der Waals surface area (Å²) in [5, 5.41) is 9.49. The number of nitrogens with one attached hydrogen (secondary N) is 3. The lowest BCUT2D eigenvalue weighted by Gasteiger charge is -2.15. The van der Waals surface area contributed by atoms with E-state index in [1.807, 2.05) is 0 Å². The fraction of sp³-hybridized carbons (Fsp3) is 0.619. The van der Waals surface area contributed by atoms with Crippen molar-refractivity contribution >= 4 is 35.8 Å². The number of ether oxygens (including phenoxy) is 1. The molecule has 0 atom stereocenters. The molecular weight excluding hydrogens is 467 g/mol. The molecule has 7 heteroatoms. The number of hydrogen-bond acceptors (Lipinski definition) is 3. The minimum atomic E-state index is 0. The van der Waals surface area contributed by atoms with E-state index in [0.29, 0.717) is 25.6 Å². The van der Waals surface area contributed by atoms with Crippen molar-refractivity contribution in [3.63, 3.8) is 0 Å². The highest BCUT2D eigenvalue weighted by molar-refractivity contribution is 14.0. The lowest BCUT2D eigenvalue weighted by atomic mass is 10.1. The Balaban J connectivity index is 0.00000392. The van der Waals surface area contributed by atoms with Gasteiger partial charge >= 0.3 is 0 Å². The molecule has 1 aromatic carbocycles. The number of carbonyl (C=O) groups is 1. The topological polar surface area (TPSA) is 74.8 Å². The Kier molecular flexibility index (Phi) is 11.9. The van der Waals surface area contributed by atoms with Crippen LogP contribution < -0.4 is 20.7 Å². The summed E-state index contributed by atoms with van der Waals surface area (Å²) >= 11 is 0. The summed E-state index contributed by atoms with van der Waals surface area (Å²) in [6.45, 7) is 6.90. The third-order valence-electron chi connectivity index (χ3n) is 4.56. The van der Waals surface area contributed by atoms with Gasteiger partial charge in [0, 0.05) is 38.2 Å². The van der Waals surface area contributed by atoms with E-state index in [1.165, 1.54) is 18.4 Å². The molecule has 0 bridgehead atoms. The number of amides is 1. The highest BCUT2D eigenvalue weighted by atomic mass is 127. The van der Waals surface area contributed by atoms with Gasteiger partial charge < -0.3 is 20.7 Å². The Labute approximate surface area is 186 Å². The predicted molar refractivity (Wildman–Crippen MR) is 126 cm³/mol. The zero-order valence-electron chi connectivity index (χ0n) is 17.3. The summed E-state index contributed by atoms with van der Waals surface area (Å²) in [5.74, 6) is 2.07. The second kappa shape index (κ2) is 13.6. The standard InChI is InChI=1S/C21H34N4O2.HI/c1-4-5-6-13-27-19-14-16(2)7-8-18(19)15-25-21(22-3)24-12-11-23-20(26)17-9-10-17;/h7-8,14,17H,4-6,9-13,15H2,1-3H3,(H,23,26)(H2,22,24,25);1H. The van der Waals surface area contributed by atoms with E-state index in [2.05, 4.69) is 53.0 Å². The van der Waals surface area contributed by atoms with Gasteiger partial charge in [0.15, 0.2) is 5.96 Å². The number of aryl methyl sites for hydroxylation is 1. The molecule has 0 aliphatic heterocycles. The average Bonchev–Trinajstić information content (AvgIpc) is 3.51. The maximum Gasteiger partial charge on any atom is 0.223 e. The molecule has 0 radical (unpaired) electrons. The largest absolute Gasteiger partial charge is 0.493 e. The van der Waals surface area contributed by atoms with E-state index in [1.54, 1.807) is 7.05 Å². The number of nitrogens with zero attached hydrogens (tertiary/aromatic N) is 1. The number of unbranched alkanes of at least 4 members (excludes halogenated alkanes) is 2. The van der Waals surface area contributed by atoms with Gasteiger partial charge in [-0.05, 0) is 37.8 Å². The van der Waals surface area contributed by atoms with Gasteiger partial charge in [0.1, 0.15) is 5.75 Å². The van der Waals surface area contributed by atoms with Gasteiger partial charge in [0.25, 0.3) is 0 Å². The smallest absolute Gasteiger partial charge is 0.223 e. The molecule has 1 fully saturated rings. The second-order valence-corrected chi connectivity index (χ2v) is 7.08. The average molecular weight is 502 g/mol. The summed E-state index contributed by atoms with van der Waals surface area (Å²) in [6.07, 6.45) is 5.51. The number of rotatable bonds is 11. The van der Waals surface area contributed by atoms with Crippen LogP contribution in [0.1, 0.15) is 50.2 Å². The number of halogens is 1. The van der Waals surface area contributed by atoms with E-state index < -0.39 is 0 Å². The van der Waals surface area contributed by atoms with Gasteiger partial charge in [-0.1, -0.05) is 31.9 Å². The summed E-state index contributed by atoms with van der Waals surface area (Å²) < 4.78 is 5.99. The van der Waals surface area contributed by atoms with Gasteiger partial charge in [-0.2, -0.15) is 0 Å². The molecule has 0 saturated heterocycles. The highest BCUT2D eigenvalue weighted by Crippen LogP contribution is 2.28. The van der Waals surface area contributed by atoms with Crippen molar-refractivity contribution in [2.75, 3.05) is 26.7 Å². The number of benzene rings is 1. The SMILES string of the molecule is CCCCCOc1cc(C)ccc1CNC(=NC)NCCNC(=O)C1CC1.I. The first-order valence-corrected chi connectivity index (χ1v) is 10.1. The molecule has 1 aliphatic carbocycles. The van der Waals surface area contributed by atoms with Crippen LogP contribution in [0, 0.1) is 12.8 Å². The van der Waals surface area contributed by atoms with E-state index >= 15 is 0 Å². The normalized spacial score (nSPS) is 13.5. The van der Waals surface area contributed by atoms with Crippen LogP contribution in [-0.4, -0.2) is 38.6 Å². The Morgan fingerprint density at radius 1 is 1.18 bits per heavy atom. The zero-order chi connectivity index (χ0) is 19.5. The van der Waals surface area contributed by atoms with E-state index in [0.717, 1.165) is 37.2 Å². The van der Waals surface area contributed by atoms with Crippen LogP contribution in [0.2, 0.25) is 0 Å². The predicted octanol–water partition coefficient (Wildman–Crippen LogP) is 3.37. The molecule has 1 amide bonds. The molecule has 158 valence electrons. The van der Waals surface area contributed by atoms with E-state index in [4.69, 9.17) is 4.74 Å². The number of hydrogen-bond donors (Lipinski definition) is 3. The van der Waals surface area contributed by atoms with E-state index in [9.17, 15) is 4.79 Å². The van der Waals surface area contributed by atoms with Crippen molar-refractivity contribution in [1.82, 2.24) is 16.0 Å². The van der Waals surface area contributed by atoms with Gasteiger partial charge in [0.05, 0.1) is 6.61 Å². The van der Waals surface area contributed by atoms with Crippen molar-refractivity contribution in [3.8, 4) is 5.75 Å². The lowest BCUT2D eigenvalue weighted by Crippen LogP contribution is -2.41. The van der Waals surface area contributed by atoms with Gasteiger partial charge in [0.2, 0.25) is 5.91 Å². The maximum absolute atomic E-state index is 11.6. The molecule has 2 rings (SSSR count). The Bertz CT molecular complexity index is 633. The fourth-order valence-electron chi connectivity index (χ4n) is 2.73. The quantitative estimate of drug-likeness (QED) is 0.188. The molecule has 1 aromatic rings. The Morgan fingerprint density at radius 2 is 1.93 bits per heavy atom. The molecule has 0 spiro atoms. The lowest BCUT2D eigenvalue weighted by molar-refractivity contribution is -0.122. The van der Waals surface area contributed by atoms with Crippen LogP contribution >= 0.6 is 24.0 Å². The monoisotopic (exact) mass is 502 g/mol. The highest BCUT2D eigenvalue weighted by Gasteiger charge is 2.28. The van der Waals surface area contributed by atoms with Crippen LogP contribution in [0.25, 0.3) is 0 Å². The summed E-state index contributed by atoms with van der Waals surface area (Å²) in [4.78, 5) is 15.9. The number of guanidine groups is 1. The molecule has 0 aromatic heterocycles. The first-order chi connectivity index (χ1) is 13.1. The van der Waals surface area contributed by atoms with Gasteiger partial charge in [-0.3, -0.25) is 9.79 Å². The van der Waals surface area contributed by atoms with E-state index in [-0.39, 0.29) is 35.8 Å². The molecule has 28 heavy (non-hydrogen) atoms. The molecule has 0 unspecified atom stereocenters. The minimum Gasteiger partial charge on any atom is -0.493 e. The molecule has 0 heterocycles. The fourth-order valence-corrected chi connectivity index (χ4v) is 2.73. The number of aliphatic imine (C=N–C) groups is 1. The molecular formula is C21H35IN4O2. The van der Waals surface area contributed by atoms with Crippen molar-refractivity contribution in [1.29, 1.82) is 0 Å². The maximum atomic E-state index is 11.6. The summed E-state index contributed by atoms with van der Waals surface area (Å²) in [7, 11) is 1.75. The van der Waals surface area contributed by atoms with Crippen LogP contribution in [0.3, 0.4) is 0 Å². The summed E-state index contributed by atoms with van der Waals surface area (Å²) in [6, 6.07) is 6.28. The van der Waals surface area contributed by atoms with Gasteiger partial charge in [-0.15, -0.1) is 24.0 Å². The van der Waals surface area contributed by atoms with Crippen molar-refractivity contribution in [2.45, 2.75) is 52.5 Å². The summed E-state index contributed by atoms with van der Waals surface area (Å²) in [5.41, 5.74) is 2.31. The van der Waals surface area contributed by atoms with Crippen LogP contribution in [-0.2, 0) is 11.3 Å². The van der Waals surface area contributed by atoms with Crippen LogP contribution in [0.5, 0.6) is 5.75 Å². The van der Waals surface area contributed by atoms with Gasteiger partial charge in [-0.25, -0.2) is 0 Å². The third-order valence-corrected chi connectivity index (χ3v) is 4.56. The first-order valence-electron chi connectivity index (χ1n) is 10.1. The Morgan fingerprint density at radius 3 is 2.61 bits per heavy atom. The third kappa shape index (κ3) is 9.12. The molecule has 1 saturated carbocycles.